The second kappa shape index (κ2) is 6.93. The molecule has 0 saturated carbocycles. The number of aryl methyl sites for hydroxylation is 3. The molecule has 0 aliphatic rings. The van der Waals surface area contributed by atoms with Crippen molar-refractivity contribution in [3.63, 3.8) is 0 Å². The maximum atomic E-state index is 12.3. The third kappa shape index (κ3) is 3.69. The zero-order valence-electron chi connectivity index (χ0n) is 13.1. The number of anilines is 1. The number of rotatable bonds is 3. The van der Waals surface area contributed by atoms with E-state index in [2.05, 4.69) is 15.7 Å². The molecule has 8 nitrogen and oxygen atoms in total. The van der Waals surface area contributed by atoms with Crippen LogP contribution in [-0.2, 0) is 7.05 Å². The van der Waals surface area contributed by atoms with Gasteiger partial charge in [0, 0.05) is 24.9 Å². The number of nitro benzene ring substituents is 1. The molecule has 0 spiro atoms. The first-order chi connectivity index (χ1) is 11.2. The predicted octanol–water partition coefficient (Wildman–Crippen LogP) is 2.73. The number of aromatic nitrogens is 2. The number of thiocarbonyl (C=S) groups is 1. The standard InChI is InChI=1S/C14H14ClN5O3S/c1-7-4-5-9(20(22)23)6-10(7)16-14(24)17-13(21)12-11(15)8(2)18-19(12)3/h4-6H,1-3H3,(H2,16,17,21,24). The minimum absolute atomic E-state index is 0.00137. The number of nitrogens with zero attached hydrogens (tertiary/aromatic N) is 3. The SMILES string of the molecule is Cc1ccc([N+](=O)[O-])cc1NC(=S)NC(=O)c1c(Cl)c(C)nn1C. The highest BCUT2D eigenvalue weighted by Gasteiger charge is 2.20. The van der Waals surface area contributed by atoms with Crippen molar-refractivity contribution >= 4 is 46.2 Å². The monoisotopic (exact) mass is 367 g/mol. The van der Waals surface area contributed by atoms with Gasteiger partial charge in [0.25, 0.3) is 11.6 Å². The fourth-order valence-corrected chi connectivity index (χ4v) is 2.50. The second-order valence-electron chi connectivity index (χ2n) is 5.04. The Hall–Kier alpha value is -2.52. The van der Waals surface area contributed by atoms with Crippen LogP contribution in [0.3, 0.4) is 0 Å². The van der Waals surface area contributed by atoms with Gasteiger partial charge in [-0.1, -0.05) is 17.7 Å². The van der Waals surface area contributed by atoms with E-state index in [4.69, 9.17) is 23.8 Å². The lowest BCUT2D eigenvalue weighted by molar-refractivity contribution is -0.384. The summed E-state index contributed by atoms with van der Waals surface area (Å²) in [5.41, 5.74) is 1.79. The summed E-state index contributed by atoms with van der Waals surface area (Å²) in [6.07, 6.45) is 0. The largest absolute Gasteiger partial charge is 0.332 e. The van der Waals surface area contributed by atoms with Gasteiger partial charge in [-0.3, -0.25) is 24.9 Å². The molecule has 10 heteroatoms. The number of hydrogen-bond donors (Lipinski definition) is 2. The first kappa shape index (κ1) is 17.8. The molecule has 0 atom stereocenters. The van der Waals surface area contributed by atoms with Crippen molar-refractivity contribution in [1.29, 1.82) is 0 Å². The molecule has 2 rings (SSSR count). The van der Waals surface area contributed by atoms with Crippen molar-refractivity contribution < 1.29 is 9.72 Å². The average molecular weight is 368 g/mol. The van der Waals surface area contributed by atoms with E-state index in [1.807, 2.05) is 0 Å². The molecule has 2 aromatic rings. The number of halogens is 1. The Balaban J connectivity index is 2.15. The molecule has 1 amide bonds. The molecule has 1 aromatic carbocycles. The molecule has 1 heterocycles. The molecular weight excluding hydrogens is 354 g/mol. The second-order valence-corrected chi connectivity index (χ2v) is 5.82. The van der Waals surface area contributed by atoms with Gasteiger partial charge in [-0.15, -0.1) is 0 Å². The zero-order valence-corrected chi connectivity index (χ0v) is 14.7. The van der Waals surface area contributed by atoms with E-state index in [0.29, 0.717) is 11.4 Å². The van der Waals surface area contributed by atoms with Gasteiger partial charge >= 0.3 is 0 Å². The van der Waals surface area contributed by atoms with E-state index in [1.165, 1.54) is 16.8 Å². The number of carbonyl (C=O) groups is 1. The van der Waals surface area contributed by atoms with Crippen LogP contribution in [0.2, 0.25) is 5.02 Å². The van der Waals surface area contributed by atoms with E-state index in [0.717, 1.165) is 5.56 Å². The van der Waals surface area contributed by atoms with Gasteiger partial charge in [0.15, 0.2) is 5.11 Å². The Morgan fingerprint density at radius 3 is 2.62 bits per heavy atom. The summed E-state index contributed by atoms with van der Waals surface area (Å²) < 4.78 is 1.36. The van der Waals surface area contributed by atoms with Crippen LogP contribution < -0.4 is 10.6 Å². The smallest absolute Gasteiger partial charge is 0.277 e. The van der Waals surface area contributed by atoms with E-state index in [-0.39, 0.29) is 21.5 Å². The zero-order chi connectivity index (χ0) is 18.0. The van der Waals surface area contributed by atoms with Gasteiger partial charge in [-0.2, -0.15) is 5.10 Å². The maximum absolute atomic E-state index is 12.3. The Labute approximate surface area is 147 Å². The molecule has 2 N–H and O–H groups in total. The quantitative estimate of drug-likeness (QED) is 0.491. The van der Waals surface area contributed by atoms with Crippen molar-refractivity contribution in [2.45, 2.75) is 13.8 Å². The van der Waals surface area contributed by atoms with Crippen LogP contribution in [0.25, 0.3) is 0 Å². The van der Waals surface area contributed by atoms with Gasteiger partial charge < -0.3 is 5.32 Å². The highest BCUT2D eigenvalue weighted by Crippen LogP contribution is 2.22. The van der Waals surface area contributed by atoms with Crippen molar-refractivity contribution in [3.05, 3.63) is 50.3 Å². The summed E-state index contributed by atoms with van der Waals surface area (Å²) in [6.45, 7) is 3.44. The molecule has 0 unspecified atom stereocenters. The molecule has 0 bridgehead atoms. The number of benzene rings is 1. The molecule has 0 aliphatic heterocycles. The molecule has 0 fully saturated rings. The summed E-state index contributed by atoms with van der Waals surface area (Å²) >= 11 is 11.1. The lowest BCUT2D eigenvalue weighted by atomic mass is 10.2. The van der Waals surface area contributed by atoms with Gasteiger partial charge in [0.2, 0.25) is 0 Å². The average Bonchev–Trinajstić information content (AvgIpc) is 2.74. The van der Waals surface area contributed by atoms with E-state index in [9.17, 15) is 14.9 Å². The minimum Gasteiger partial charge on any atom is -0.332 e. The molecule has 0 aliphatic carbocycles. The summed E-state index contributed by atoms with van der Waals surface area (Å²) in [4.78, 5) is 22.6. The number of amides is 1. The van der Waals surface area contributed by atoms with Crippen molar-refractivity contribution in [2.75, 3.05) is 5.32 Å². The van der Waals surface area contributed by atoms with Gasteiger partial charge in [-0.25, -0.2) is 0 Å². The van der Waals surface area contributed by atoms with Crippen LogP contribution in [0.5, 0.6) is 0 Å². The van der Waals surface area contributed by atoms with E-state index in [1.54, 1.807) is 27.0 Å². The number of hydrogen-bond acceptors (Lipinski definition) is 5. The number of nitro groups is 1. The molecule has 126 valence electrons. The first-order valence-electron chi connectivity index (χ1n) is 6.77. The Morgan fingerprint density at radius 2 is 2.08 bits per heavy atom. The lowest BCUT2D eigenvalue weighted by Gasteiger charge is -2.11. The Kier molecular flexibility index (Phi) is 5.15. The van der Waals surface area contributed by atoms with Crippen LogP contribution in [0.4, 0.5) is 11.4 Å². The Bertz CT molecular complexity index is 849. The van der Waals surface area contributed by atoms with Crippen molar-refractivity contribution in [2.24, 2.45) is 7.05 Å². The first-order valence-corrected chi connectivity index (χ1v) is 7.55. The number of non-ortho nitro benzene ring substituents is 1. The molecular formula is C14H14ClN5O3S. The van der Waals surface area contributed by atoms with Crippen LogP contribution in [0.1, 0.15) is 21.7 Å². The van der Waals surface area contributed by atoms with Crippen LogP contribution in [-0.4, -0.2) is 25.7 Å². The van der Waals surface area contributed by atoms with Gasteiger partial charge in [0.05, 0.1) is 15.6 Å². The highest BCUT2D eigenvalue weighted by atomic mass is 35.5. The fraction of sp³-hybridized carbons (Fsp3) is 0.214. The third-order valence-corrected chi connectivity index (χ3v) is 3.93. The van der Waals surface area contributed by atoms with Crippen LogP contribution >= 0.6 is 23.8 Å². The minimum atomic E-state index is -0.524. The Morgan fingerprint density at radius 1 is 1.42 bits per heavy atom. The predicted molar refractivity (Wildman–Crippen MR) is 94.5 cm³/mol. The van der Waals surface area contributed by atoms with E-state index < -0.39 is 10.8 Å². The maximum Gasteiger partial charge on any atom is 0.277 e. The summed E-state index contributed by atoms with van der Waals surface area (Å²) in [5.74, 6) is -0.524. The summed E-state index contributed by atoms with van der Waals surface area (Å²) in [7, 11) is 1.59. The molecule has 0 saturated heterocycles. The molecule has 0 radical (unpaired) electrons. The summed E-state index contributed by atoms with van der Waals surface area (Å²) in [5, 5.41) is 20.4. The van der Waals surface area contributed by atoms with Crippen molar-refractivity contribution in [3.8, 4) is 0 Å². The molecule has 24 heavy (non-hydrogen) atoms. The number of nitrogens with one attached hydrogen (secondary N) is 2. The normalized spacial score (nSPS) is 10.3. The fourth-order valence-electron chi connectivity index (χ4n) is 2.05. The van der Waals surface area contributed by atoms with Gasteiger partial charge in [0.1, 0.15) is 5.69 Å². The highest BCUT2D eigenvalue weighted by molar-refractivity contribution is 7.80. The van der Waals surface area contributed by atoms with E-state index >= 15 is 0 Å². The van der Waals surface area contributed by atoms with Crippen molar-refractivity contribution in [1.82, 2.24) is 15.1 Å². The topological polar surface area (TPSA) is 102 Å². The lowest BCUT2D eigenvalue weighted by Crippen LogP contribution is -2.35. The van der Waals surface area contributed by atoms with Crippen LogP contribution in [0.15, 0.2) is 18.2 Å². The third-order valence-electron chi connectivity index (χ3n) is 3.27. The van der Waals surface area contributed by atoms with Gasteiger partial charge in [-0.05, 0) is 31.6 Å². The number of carbonyl (C=O) groups excluding carboxylic acids is 1. The summed E-state index contributed by atoms with van der Waals surface area (Å²) in [6, 6.07) is 4.32. The van der Waals surface area contributed by atoms with Crippen LogP contribution in [0, 0.1) is 24.0 Å². The molecule has 1 aromatic heterocycles.